The fourth-order valence-corrected chi connectivity index (χ4v) is 1.48. The van der Waals surface area contributed by atoms with Crippen LogP contribution in [0.25, 0.3) is 0 Å². The van der Waals surface area contributed by atoms with Crippen molar-refractivity contribution in [3.8, 4) is 0 Å². The zero-order chi connectivity index (χ0) is 13.6. The zero-order valence-corrected chi connectivity index (χ0v) is 10.6. The van der Waals surface area contributed by atoms with E-state index in [2.05, 4.69) is 10.3 Å². The first kappa shape index (κ1) is 14.8. The molecule has 0 aliphatic carbocycles. The summed E-state index contributed by atoms with van der Waals surface area (Å²) in [5, 5.41) is 3.13. The Hall–Kier alpha value is -1.30. The topological polar surface area (TPSA) is 28.2 Å². The van der Waals surface area contributed by atoms with E-state index < -0.39 is 12.6 Å². The monoisotopic (exact) mass is 261 g/mol. The minimum absolute atomic E-state index is 0.0475. The van der Waals surface area contributed by atoms with Gasteiger partial charge < -0.3 is 10.2 Å². The number of hydrogen-bond donors (Lipinski definition) is 1. The van der Waals surface area contributed by atoms with Gasteiger partial charge in [0.25, 0.3) is 0 Å². The second-order valence-corrected chi connectivity index (χ2v) is 4.07. The number of halogens is 3. The van der Waals surface area contributed by atoms with Crippen molar-refractivity contribution < 1.29 is 13.2 Å². The zero-order valence-electron chi connectivity index (χ0n) is 10.6. The largest absolute Gasteiger partial charge is 0.390 e. The van der Waals surface area contributed by atoms with E-state index in [4.69, 9.17) is 0 Å². The maximum absolute atomic E-state index is 12.1. The molecule has 102 valence electrons. The average molecular weight is 261 g/mol. The van der Waals surface area contributed by atoms with Crippen molar-refractivity contribution in [3.63, 3.8) is 0 Å². The molecule has 3 nitrogen and oxygen atoms in total. The molecule has 1 aromatic heterocycles. The van der Waals surface area contributed by atoms with Gasteiger partial charge in [0.05, 0.1) is 12.1 Å². The summed E-state index contributed by atoms with van der Waals surface area (Å²) in [6.45, 7) is 3.39. The predicted octanol–water partition coefficient (Wildman–Crippen LogP) is 2.58. The molecule has 0 aliphatic rings. The van der Waals surface area contributed by atoms with Crippen LogP contribution in [0.15, 0.2) is 18.3 Å². The van der Waals surface area contributed by atoms with Crippen molar-refractivity contribution in [3.05, 3.63) is 24.0 Å². The van der Waals surface area contributed by atoms with Gasteiger partial charge in [-0.05, 0) is 18.7 Å². The van der Waals surface area contributed by atoms with E-state index in [0.29, 0.717) is 6.54 Å². The number of anilines is 1. The molecule has 0 unspecified atom stereocenters. The summed E-state index contributed by atoms with van der Waals surface area (Å²) < 4.78 is 36.4. The molecule has 0 radical (unpaired) electrons. The average Bonchev–Trinajstić information content (AvgIpc) is 2.33. The van der Waals surface area contributed by atoms with Crippen LogP contribution in [0.3, 0.4) is 0 Å². The number of nitrogens with zero attached hydrogens (tertiary/aromatic N) is 2. The Morgan fingerprint density at radius 1 is 1.39 bits per heavy atom. The van der Waals surface area contributed by atoms with E-state index in [1.807, 2.05) is 6.92 Å². The van der Waals surface area contributed by atoms with Crippen molar-refractivity contribution in [2.75, 3.05) is 25.0 Å². The smallest absolute Gasteiger partial charge is 0.374 e. The SMILES string of the molecule is CCNCc1cc(N(C)CCC(F)(F)F)ccn1. The van der Waals surface area contributed by atoms with Crippen LogP contribution in [0.5, 0.6) is 0 Å². The van der Waals surface area contributed by atoms with Gasteiger partial charge in [-0.1, -0.05) is 6.92 Å². The molecule has 18 heavy (non-hydrogen) atoms. The Balaban J connectivity index is 2.59. The molecule has 0 saturated carbocycles. The second-order valence-electron chi connectivity index (χ2n) is 4.07. The first-order valence-corrected chi connectivity index (χ1v) is 5.86. The molecule has 1 aromatic rings. The van der Waals surface area contributed by atoms with E-state index in [1.165, 1.54) is 0 Å². The highest BCUT2D eigenvalue weighted by Crippen LogP contribution is 2.21. The van der Waals surface area contributed by atoms with Crippen molar-refractivity contribution in [2.24, 2.45) is 0 Å². The highest BCUT2D eigenvalue weighted by molar-refractivity contribution is 5.45. The molecule has 0 saturated heterocycles. The van der Waals surface area contributed by atoms with Crippen LogP contribution >= 0.6 is 0 Å². The first-order valence-electron chi connectivity index (χ1n) is 5.86. The lowest BCUT2D eigenvalue weighted by atomic mass is 10.2. The number of aromatic nitrogens is 1. The molecular weight excluding hydrogens is 243 g/mol. The molecule has 1 heterocycles. The highest BCUT2D eigenvalue weighted by atomic mass is 19.4. The molecule has 6 heteroatoms. The third kappa shape index (κ3) is 5.35. The van der Waals surface area contributed by atoms with Crippen LogP contribution in [0, 0.1) is 0 Å². The van der Waals surface area contributed by atoms with E-state index >= 15 is 0 Å². The van der Waals surface area contributed by atoms with Crippen molar-refractivity contribution >= 4 is 5.69 Å². The van der Waals surface area contributed by atoms with E-state index in [9.17, 15) is 13.2 Å². The second kappa shape index (κ2) is 6.58. The van der Waals surface area contributed by atoms with Gasteiger partial charge in [-0.25, -0.2) is 0 Å². The third-order valence-corrected chi connectivity index (χ3v) is 2.53. The Morgan fingerprint density at radius 2 is 2.11 bits per heavy atom. The minimum Gasteiger partial charge on any atom is -0.374 e. The van der Waals surface area contributed by atoms with Crippen LogP contribution in [0.1, 0.15) is 19.0 Å². The van der Waals surface area contributed by atoms with Crippen LogP contribution < -0.4 is 10.2 Å². The van der Waals surface area contributed by atoms with Gasteiger partial charge in [0, 0.05) is 32.0 Å². The lowest BCUT2D eigenvalue weighted by Crippen LogP contribution is -2.24. The molecule has 0 aliphatic heterocycles. The van der Waals surface area contributed by atoms with Gasteiger partial charge in [0.2, 0.25) is 0 Å². The molecule has 0 aromatic carbocycles. The standard InChI is InChI=1S/C12H18F3N3/c1-3-16-9-10-8-11(4-6-17-10)18(2)7-5-12(13,14)15/h4,6,8,16H,3,5,7,9H2,1-2H3. The third-order valence-electron chi connectivity index (χ3n) is 2.53. The fraction of sp³-hybridized carbons (Fsp3) is 0.583. The lowest BCUT2D eigenvalue weighted by Gasteiger charge is -2.20. The van der Waals surface area contributed by atoms with Gasteiger partial charge >= 0.3 is 6.18 Å². The molecule has 0 fully saturated rings. The number of nitrogens with one attached hydrogen (secondary N) is 1. The Bertz CT molecular complexity index is 366. The van der Waals surface area contributed by atoms with Crippen molar-refractivity contribution in [2.45, 2.75) is 26.1 Å². The summed E-state index contributed by atoms with van der Waals surface area (Å²) in [5.41, 5.74) is 1.58. The van der Waals surface area contributed by atoms with E-state index in [1.54, 1.807) is 30.3 Å². The summed E-state index contributed by atoms with van der Waals surface area (Å²) >= 11 is 0. The number of hydrogen-bond acceptors (Lipinski definition) is 3. The van der Waals surface area contributed by atoms with E-state index in [-0.39, 0.29) is 6.54 Å². The van der Waals surface area contributed by atoms with Crippen LogP contribution in [0.2, 0.25) is 0 Å². The van der Waals surface area contributed by atoms with Gasteiger partial charge in [-0.2, -0.15) is 13.2 Å². The van der Waals surface area contributed by atoms with Crippen LogP contribution in [-0.2, 0) is 6.54 Å². The summed E-state index contributed by atoms with van der Waals surface area (Å²) in [6.07, 6.45) is -3.31. The van der Waals surface area contributed by atoms with Crippen LogP contribution in [-0.4, -0.2) is 31.3 Å². The molecule has 0 atom stereocenters. The normalized spacial score (nSPS) is 11.6. The number of pyridine rings is 1. The molecule has 0 bridgehead atoms. The summed E-state index contributed by atoms with van der Waals surface area (Å²) in [5.74, 6) is 0. The Labute approximate surface area is 105 Å². The fourth-order valence-electron chi connectivity index (χ4n) is 1.48. The van der Waals surface area contributed by atoms with E-state index in [0.717, 1.165) is 17.9 Å². The summed E-state index contributed by atoms with van der Waals surface area (Å²) in [4.78, 5) is 5.74. The lowest BCUT2D eigenvalue weighted by molar-refractivity contribution is -0.132. The van der Waals surface area contributed by atoms with Gasteiger partial charge in [0.1, 0.15) is 0 Å². The first-order chi connectivity index (χ1) is 8.42. The minimum atomic E-state index is -4.12. The molecular formula is C12H18F3N3. The predicted molar refractivity (Wildman–Crippen MR) is 65.6 cm³/mol. The molecule has 1 rings (SSSR count). The highest BCUT2D eigenvalue weighted by Gasteiger charge is 2.27. The molecule has 1 N–H and O–H groups in total. The maximum atomic E-state index is 12.1. The molecule has 0 spiro atoms. The van der Waals surface area contributed by atoms with Gasteiger partial charge in [0.15, 0.2) is 0 Å². The van der Waals surface area contributed by atoms with Gasteiger partial charge in [-0.3, -0.25) is 4.98 Å². The quantitative estimate of drug-likeness (QED) is 0.853. The Morgan fingerprint density at radius 3 is 2.72 bits per heavy atom. The van der Waals surface area contributed by atoms with Crippen molar-refractivity contribution in [1.29, 1.82) is 0 Å². The van der Waals surface area contributed by atoms with Crippen LogP contribution in [0.4, 0.5) is 18.9 Å². The van der Waals surface area contributed by atoms with Crippen molar-refractivity contribution in [1.82, 2.24) is 10.3 Å². The van der Waals surface area contributed by atoms with Gasteiger partial charge in [-0.15, -0.1) is 0 Å². The molecule has 0 amide bonds. The number of rotatable bonds is 6. The summed E-state index contributed by atoms with van der Waals surface area (Å²) in [6, 6.07) is 3.52. The Kier molecular flexibility index (Phi) is 5.40. The summed E-state index contributed by atoms with van der Waals surface area (Å²) in [7, 11) is 1.65. The maximum Gasteiger partial charge on any atom is 0.390 e. The number of alkyl halides is 3.